The molecule has 90 valence electrons. The van der Waals surface area contributed by atoms with Gasteiger partial charge in [0.15, 0.2) is 0 Å². The van der Waals surface area contributed by atoms with E-state index >= 15 is 0 Å². The van der Waals surface area contributed by atoms with E-state index in [0.29, 0.717) is 0 Å². The van der Waals surface area contributed by atoms with Crippen LogP contribution in [0.2, 0.25) is 0 Å². The second-order valence-corrected chi connectivity index (χ2v) is 4.70. The third-order valence-electron chi connectivity index (χ3n) is 2.53. The number of benzene rings is 1. The van der Waals surface area contributed by atoms with E-state index in [-0.39, 0.29) is 0 Å². The van der Waals surface area contributed by atoms with E-state index in [1.165, 1.54) is 0 Å². The number of anilines is 1. The van der Waals surface area contributed by atoms with Crippen molar-refractivity contribution in [3.63, 3.8) is 0 Å². The fourth-order valence-corrected chi connectivity index (χ4v) is 2.23. The van der Waals surface area contributed by atoms with Crippen LogP contribution in [0.3, 0.4) is 0 Å². The molecule has 2 aromatic rings. The second-order valence-electron chi connectivity index (χ2n) is 3.79. The molecule has 2 rings (SSSR count). The van der Waals surface area contributed by atoms with Gasteiger partial charge in [-0.05, 0) is 30.7 Å². The van der Waals surface area contributed by atoms with Crippen LogP contribution in [-0.4, -0.2) is 7.11 Å². The molecule has 0 fully saturated rings. The summed E-state index contributed by atoms with van der Waals surface area (Å²) in [7, 11) is 1.67. The van der Waals surface area contributed by atoms with Crippen molar-refractivity contribution in [2.45, 2.75) is 13.5 Å². The summed E-state index contributed by atoms with van der Waals surface area (Å²) >= 11 is 3.45. The minimum Gasteiger partial charge on any atom is -0.495 e. The van der Waals surface area contributed by atoms with E-state index in [1.807, 2.05) is 19.1 Å². The van der Waals surface area contributed by atoms with Crippen LogP contribution in [0.4, 0.5) is 5.69 Å². The normalized spacial score (nSPS) is 10.3. The summed E-state index contributed by atoms with van der Waals surface area (Å²) in [5.74, 6) is 0.834. The van der Waals surface area contributed by atoms with Crippen molar-refractivity contribution in [3.8, 4) is 5.75 Å². The molecule has 0 saturated heterocycles. The summed E-state index contributed by atoms with van der Waals surface area (Å²) in [6, 6.07) is 5.94. The van der Waals surface area contributed by atoms with Crippen molar-refractivity contribution in [1.82, 2.24) is 0 Å². The Labute approximate surface area is 109 Å². The van der Waals surface area contributed by atoms with E-state index in [2.05, 4.69) is 27.3 Å². The molecule has 0 unspecified atom stereocenters. The van der Waals surface area contributed by atoms with Crippen LogP contribution in [0.5, 0.6) is 5.75 Å². The van der Waals surface area contributed by atoms with Gasteiger partial charge in [0.25, 0.3) is 0 Å². The molecule has 0 aliphatic rings. The van der Waals surface area contributed by atoms with Gasteiger partial charge in [-0.3, -0.25) is 0 Å². The van der Waals surface area contributed by atoms with Crippen molar-refractivity contribution in [2.24, 2.45) is 0 Å². The molecule has 0 bridgehead atoms. The fraction of sp³-hybridized carbons (Fsp3) is 0.231. The number of furan rings is 1. The van der Waals surface area contributed by atoms with E-state index in [4.69, 9.17) is 9.15 Å². The zero-order chi connectivity index (χ0) is 12.3. The van der Waals surface area contributed by atoms with Crippen molar-refractivity contribution >= 4 is 21.6 Å². The lowest BCUT2D eigenvalue weighted by Gasteiger charge is -2.14. The summed E-state index contributed by atoms with van der Waals surface area (Å²) in [6.07, 6.45) is 3.40. The summed E-state index contributed by atoms with van der Waals surface area (Å²) in [5.41, 5.74) is 3.26. The van der Waals surface area contributed by atoms with E-state index < -0.39 is 0 Å². The quantitative estimate of drug-likeness (QED) is 0.927. The van der Waals surface area contributed by atoms with Crippen molar-refractivity contribution in [2.75, 3.05) is 12.4 Å². The smallest absolute Gasteiger partial charge is 0.143 e. The number of halogens is 1. The molecule has 0 atom stereocenters. The van der Waals surface area contributed by atoms with Crippen molar-refractivity contribution < 1.29 is 9.15 Å². The highest BCUT2D eigenvalue weighted by molar-refractivity contribution is 9.10. The first-order chi connectivity index (χ1) is 8.20. The summed E-state index contributed by atoms with van der Waals surface area (Å²) in [6.45, 7) is 2.76. The molecular formula is C13H14BrNO2. The zero-order valence-electron chi connectivity index (χ0n) is 9.79. The van der Waals surface area contributed by atoms with Crippen molar-refractivity contribution in [3.05, 3.63) is 46.3 Å². The molecule has 0 spiro atoms. The van der Waals surface area contributed by atoms with Crippen LogP contribution in [0, 0.1) is 6.92 Å². The lowest BCUT2D eigenvalue weighted by atomic mass is 10.2. The van der Waals surface area contributed by atoms with Crippen molar-refractivity contribution in [1.29, 1.82) is 0 Å². The average molecular weight is 296 g/mol. The number of ether oxygens (including phenoxy) is 1. The topological polar surface area (TPSA) is 34.4 Å². The van der Waals surface area contributed by atoms with Gasteiger partial charge in [-0.25, -0.2) is 0 Å². The van der Waals surface area contributed by atoms with Gasteiger partial charge in [-0.2, -0.15) is 0 Å². The Bertz CT molecular complexity index is 494. The molecule has 0 aliphatic heterocycles. The molecule has 0 radical (unpaired) electrons. The predicted molar refractivity (Wildman–Crippen MR) is 71.5 cm³/mol. The van der Waals surface area contributed by atoms with Gasteiger partial charge < -0.3 is 14.5 Å². The molecule has 1 aromatic carbocycles. The number of methoxy groups -OCH3 is 1. The fourth-order valence-electron chi connectivity index (χ4n) is 1.68. The Morgan fingerprint density at radius 2 is 2.24 bits per heavy atom. The van der Waals surface area contributed by atoms with Gasteiger partial charge in [0, 0.05) is 16.6 Å². The van der Waals surface area contributed by atoms with Gasteiger partial charge in [0.2, 0.25) is 0 Å². The van der Waals surface area contributed by atoms with Crippen LogP contribution in [0.25, 0.3) is 0 Å². The Hall–Kier alpha value is -1.42. The number of nitrogens with one attached hydrogen (secondary N) is 1. The number of hydrogen-bond donors (Lipinski definition) is 1. The zero-order valence-corrected chi connectivity index (χ0v) is 11.4. The van der Waals surface area contributed by atoms with Gasteiger partial charge in [-0.15, -0.1) is 0 Å². The molecular weight excluding hydrogens is 282 g/mol. The van der Waals surface area contributed by atoms with E-state index in [9.17, 15) is 0 Å². The molecule has 0 saturated carbocycles. The molecule has 4 heteroatoms. The maximum atomic E-state index is 5.36. The Morgan fingerprint density at radius 3 is 2.88 bits per heavy atom. The predicted octanol–water partition coefficient (Wildman–Crippen LogP) is 3.97. The van der Waals surface area contributed by atoms with Gasteiger partial charge >= 0.3 is 0 Å². The SMILES string of the molecule is COc1cc(Br)cc(C)c1NCc1ccoc1. The number of aryl methyl sites for hydroxylation is 1. The van der Waals surface area contributed by atoms with Crippen LogP contribution >= 0.6 is 15.9 Å². The first-order valence-electron chi connectivity index (χ1n) is 5.30. The Morgan fingerprint density at radius 1 is 1.41 bits per heavy atom. The second kappa shape index (κ2) is 5.27. The summed E-state index contributed by atoms with van der Waals surface area (Å²) in [4.78, 5) is 0. The average Bonchev–Trinajstić information content (AvgIpc) is 2.79. The summed E-state index contributed by atoms with van der Waals surface area (Å²) in [5, 5.41) is 3.36. The largest absolute Gasteiger partial charge is 0.495 e. The van der Waals surface area contributed by atoms with Gasteiger partial charge in [0.1, 0.15) is 5.75 Å². The third kappa shape index (κ3) is 2.82. The van der Waals surface area contributed by atoms with Crippen LogP contribution in [-0.2, 0) is 6.54 Å². The minimum absolute atomic E-state index is 0.718. The van der Waals surface area contributed by atoms with Gasteiger partial charge in [0.05, 0.1) is 25.3 Å². The molecule has 1 aromatic heterocycles. The molecule has 17 heavy (non-hydrogen) atoms. The third-order valence-corrected chi connectivity index (χ3v) is 2.99. The lowest BCUT2D eigenvalue weighted by molar-refractivity contribution is 0.416. The molecule has 1 N–H and O–H groups in total. The standard InChI is InChI=1S/C13H14BrNO2/c1-9-5-11(14)6-12(16-2)13(9)15-7-10-3-4-17-8-10/h3-6,8,15H,7H2,1-2H3. The Balaban J connectivity index is 2.19. The highest BCUT2D eigenvalue weighted by Gasteiger charge is 2.08. The van der Waals surface area contributed by atoms with Crippen LogP contribution < -0.4 is 10.1 Å². The maximum Gasteiger partial charge on any atom is 0.143 e. The molecule has 0 amide bonds. The molecule has 3 nitrogen and oxygen atoms in total. The molecule has 1 heterocycles. The highest BCUT2D eigenvalue weighted by atomic mass is 79.9. The molecule has 0 aliphatic carbocycles. The van der Waals surface area contributed by atoms with Crippen LogP contribution in [0.15, 0.2) is 39.6 Å². The minimum atomic E-state index is 0.718. The van der Waals surface area contributed by atoms with E-state index in [1.54, 1.807) is 19.6 Å². The Kier molecular flexibility index (Phi) is 3.74. The first-order valence-corrected chi connectivity index (χ1v) is 6.09. The van der Waals surface area contributed by atoms with Crippen LogP contribution in [0.1, 0.15) is 11.1 Å². The monoisotopic (exact) mass is 295 g/mol. The first kappa shape index (κ1) is 12.0. The number of rotatable bonds is 4. The maximum absolute atomic E-state index is 5.36. The lowest BCUT2D eigenvalue weighted by Crippen LogP contribution is -2.02. The van der Waals surface area contributed by atoms with Gasteiger partial charge in [-0.1, -0.05) is 15.9 Å². The number of hydrogen-bond acceptors (Lipinski definition) is 3. The van der Waals surface area contributed by atoms with E-state index in [0.717, 1.165) is 33.6 Å². The summed E-state index contributed by atoms with van der Waals surface area (Å²) < 4.78 is 11.4. The highest BCUT2D eigenvalue weighted by Crippen LogP contribution is 2.32.